The lowest BCUT2D eigenvalue weighted by molar-refractivity contribution is 0.232. The van der Waals surface area contributed by atoms with Gasteiger partial charge in [0.2, 0.25) is 10.0 Å². The molecule has 0 saturated carbocycles. The molecule has 1 atom stereocenters. The summed E-state index contributed by atoms with van der Waals surface area (Å²) in [5, 5.41) is 8.93. The van der Waals surface area contributed by atoms with Gasteiger partial charge in [0.1, 0.15) is 0 Å². The Kier molecular flexibility index (Phi) is 5.85. The molecule has 0 aromatic heterocycles. The standard InChI is InChI=1S/C9H18ClNO5S2/c10-3-1-6-18(15,16)11(4-5-12)9-2-7-17(13,14)8-9/h9,12H,1-8H2. The zero-order chi connectivity index (χ0) is 13.8. The lowest BCUT2D eigenvalue weighted by atomic mass is 10.3. The molecule has 0 aromatic rings. The highest BCUT2D eigenvalue weighted by molar-refractivity contribution is 7.92. The van der Waals surface area contributed by atoms with Crippen LogP contribution in [-0.4, -0.2) is 68.6 Å². The minimum Gasteiger partial charge on any atom is -0.395 e. The fourth-order valence-corrected chi connectivity index (χ4v) is 5.86. The highest BCUT2D eigenvalue weighted by Crippen LogP contribution is 2.21. The van der Waals surface area contributed by atoms with Crippen LogP contribution in [0, 0.1) is 0 Å². The van der Waals surface area contributed by atoms with Gasteiger partial charge < -0.3 is 5.11 Å². The first-order chi connectivity index (χ1) is 8.32. The fraction of sp³-hybridized carbons (Fsp3) is 1.00. The average molecular weight is 320 g/mol. The predicted molar refractivity (Wildman–Crippen MR) is 70.0 cm³/mol. The number of alkyl halides is 1. The van der Waals surface area contributed by atoms with Crippen molar-refractivity contribution in [1.29, 1.82) is 0 Å². The maximum absolute atomic E-state index is 12.0. The monoisotopic (exact) mass is 319 g/mol. The molecule has 6 nitrogen and oxygen atoms in total. The van der Waals surface area contributed by atoms with Crippen LogP contribution in [0.3, 0.4) is 0 Å². The van der Waals surface area contributed by atoms with Crippen molar-refractivity contribution < 1.29 is 21.9 Å². The topological polar surface area (TPSA) is 91.8 Å². The van der Waals surface area contributed by atoms with E-state index in [9.17, 15) is 16.8 Å². The summed E-state index contributed by atoms with van der Waals surface area (Å²) in [5.41, 5.74) is 0. The molecule has 0 spiro atoms. The molecule has 0 bridgehead atoms. The summed E-state index contributed by atoms with van der Waals surface area (Å²) in [7, 11) is -6.71. The number of hydrogen-bond donors (Lipinski definition) is 1. The van der Waals surface area contributed by atoms with Crippen LogP contribution in [0.25, 0.3) is 0 Å². The van der Waals surface area contributed by atoms with Crippen molar-refractivity contribution in [2.24, 2.45) is 0 Å². The smallest absolute Gasteiger partial charge is 0.214 e. The van der Waals surface area contributed by atoms with Gasteiger partial charge in [0.05, 0.1) is 23.9 Å². The van der Waals surface area contributed by atoms with Crippen LogP contribution in [0.4, 0.5) is 0 Å². The number of rotatable bonds is 7. The van der Waals surface area contributed by atoms with Crippen molar-refractivity contribution in [2.45, 2.75) is 18.9 Å². The van der Waals surface area contributed by atoms with Crippen LogP contribution in [0.5, 0.6) is 0 Å². The van der Waals surface area contributed by atoms with Gasteiger partial charge in [0, 0.05) is 18.5 Å². The second-order valence-corrected chi connectivity index (χ2v) is 8.90. The third kappa shape index (κ3) is 4.34. The van der Waals surface area contributed by atoms with Crippen molar-refractivity contribution in [3.63, 3.8) is 0 Å². The molecular formula is C9H18ClNO5S2. The number of nitrogens with zero attached hydrogens (tertiary/aromatic N) is 1. The second-order valence-electron chi connectivity index (χ2n) is 4.25. The predicted octanol–water partition coefficient (Wildman–Crippen LogP) is -0.573. The molecule has 0 amide bonds. The maximum atomic E-state index is 12.0. The van der Waals surface area contributed by atoms with E-state index in [1.54, 1.807) is 0 Å². The van der Waals surface area contributed by atoms with Crippen LogP contribution in [0.1, 0.15) is 12.8 Å². The Morgan fingerprint density at radius 3 is 2.50 bits per heavy atom. The van der Waals surface area contributed by atoms with Gasteiger partial charge in [-0.15, -0.1) is 11.6 Å². The Morgan fingerprint density at radius 1 is 1.39 bits per heavy atom. The van der Waals surface area contributed by atoms with E-state index in [1.165, 1.54) is 0 Å². The zero-order valence-electron chi connectivity index (χ0n) is 9.96. The SMILES string of the molecule is O=S1(=O)CCC(N(CCO)S(=O)(=O)CCCCl)C1. The van der Waals surface area contributed by atoms with E-state index in [0.717, 1.165) is 4.31 Å². The summed E-state index contributed by atoms with van der Waals surface area (Å²) in [4.78, 5) is 0. The van der Waals surface area contributed by atoms with E-state index >= 15 is 0 Å². The van der Waals surface area contributed by atoms with Gasteiger partial charge in [-0.2, -0.15) is 4.31 Å². The largest absolute Gasteiger partial charge is 0.395 e. The summed E-state index contributed by atoms with van der Waals surface area (Å²) in [6.45, 7) is -0.387. The Morgan fingerprint density at radius 2 is 2.06 bits per heavy atom. The third-order valence-corrected chi connectivity index (χ3v) is 6.85. The molecule has 1 unspecified atom stereocenters. The van der Waals surface area contributed by atoms with Crippen molar-refractivity contribution >= 4 is 31.5 Å². The van der Waals surface area contributed by atoms with Crippen LogP contribution >= 0.6 is 11.6 Å². The molecule has 0 radical (unpaired) electrons. The first-order valence-electron chi connectivity index (χ1n) is 5.69. The fourth-order valence-electron chi connectivity index (χ4n) is 2.00. The quantitative estimate of drug-likeness (QED) is 0.634. The molecule has 0 aliphatic carbocycles. The van der Waals surface area contributed by atoms with E-state index in [0.29, 0.717) is 12.8 Å². The average Bonchev–Trinajstić information content (AvgIpc) is 2.63. The number of sulfonamides is 1. The van der Waals surface area contributed by atoms with Crippen LogP contribution in [0.15, 0.2) is 0 Å². The molecule has 9 heteroatoms. The number of aliphatic hydroxyl groups is 1. The molecule has 18 heavy (non-hydrogen) atoms. The third-order valence-electron chi connectivity index (χ3n) is 2.83. The molecule has 0 aromatic carbocycles. The minimum absolute atomic E-state index is 0.00458. The van der Waals surface area contributed by atoms with Gasteiger partial charge in [-0.3, -0.25) is 0 Å². The molecule has 1 heterocycles. The van der Waals surface area contributed by atoms with Gasteiger partial charge in [-0.1, -0.05) is 0 Å². The van der Waals surface area contributed by atoms with E-state index in [-0.39, 0.29) is 36.3 Å². The minimum atomic E-state index is -3.56. The van der Waals surface area contributed by atoms with Crippen molar-refractivity contribution in [1.82, 2.24) is 4.31 Å². The first kappa shape index (κ1) is 16.2. The lowest BCUT2D eigenvalue weighted by Gasteiger charge is -2.26. The van der Waals surface area contributed by atoms with Crippen molar-refractivity contribution in [2.75, 3.05) is 36.3 Å². The van der Waals surface area contributed by atoms with E-state index in [1.807, 2.05) is 0 Å². The number of sulfone groups is 1. The summed E-state index contributed by atoms with van der Waals surface area (Å²) >= 11 is 5.47. The first-order valence-corrected chi connectivity index (χ1v) is 9.65. The maximum Gasteiger partial charge on any atom is 0.214 e. The molecule has 108 valence electrons. The van der Waals surface area contributed by atoms with E-state index < -0.39 is 25.9 Å². The molecule has 1 saturated heterocycles. The van der Waals surface area contributed by atoms with Crippen molar-refractivity contribution in [3.05, 3.63) is 0 Å². The highest BCUT2D eigenvalue weighted by atomic mass is 35.5. The second kappa shape index (κ2) is 6.51. The summed E-state index contributed by atoms with van der Waals surface area (Å²) < 4.78 is 48.0. The number of hydrogen-bond acceptors (Lipinski definition) is 5. The summed E-state index contributed by atoms with van der Waals surface area (Å²) in [6.07, 6.45) is 0.605. The van der Waals surface area contributed by atoms with Crippen molar-refractivity contribution in [3.8, 4) is 0 Å². The molecular weight excluding hydrogens is 302 g/mol. The Hall–Kier alpha value is 0.110. The molecule has 1 rings (SSSR count). The van der Waals surface area contributed by atoms with E-state index in [2.05, 4.69) is 0 Å². The van der Waals surface area contributed by atoms with E-state index in [4.69, 9.17) is 16.7 Å². The Labute approximate surface area is 113 Å². The van der Waals surface area contributed by atoms with Gasteiger partial charge in [0.25, 0.3) is 0 Å². The Balaban J connectivity index is 2.83. The highest BCUT2D eigenvalue weighted by Gasteiger charge is 2.37. The summed E-state index contributed by atoms with van der Waals surface area (Å²) in [5.74, 6) is -0.0417. The number of aliphatic hydroxyl groups excluding tert-OH is 1. The molecule has 1 aliphatic heterocycles. The zero-order valence-corrected chi connectivity index (χ0v) is 12.3. The molecule has 1 fully saturated rings. The van der Waals surface area contributed by atoms with Gasteiger partial charge in [0.15, 0.2) is 9.84 Å². The number of halogens is 1. The van der Waals surface area contributed by atoms with Crippen LogP contribution in [-0.2, 0) is 19.9 Å². The van der Waals surface area contributed by atoms with Gasteiger partial charge >= 0.3 is 0 Å². The van der Waals surface area contributed by atoms with Crippen LogP contribution in [0.2, 0.25) is 0 Å². The molecule has 1 N–H and O–H groups in total. The lowest BCUT2D eigenvalue weighted by Crippen LogP contribution is -2.43. The normalized spacial score (nSPS) is 23.6. The Bertz CT molecular complexity index is 461. The summed E-state index contributed by atoms with van der Waals surface area (Å²) in [6, 6.07) is -0.553. The van der Waals surface area contributed by atoms with Gasteiger partial charge in [-0.25, -0.2) is 16.8 Å². The molecule has 1 aliphatic rings. The van der Waals surface area contributed by atoms with Gasteiger partial charge in [-0.05, 0) is 12.8 Å². The van der Waals surface area contributed by atoms with Crippen LogP contribution < -0.4 is 0 Å².